The second kappa shape index (κ2) is 8.17. The van der Waals surface area contributed by atoms with E-state index in [0.717, 1.165) is 4.57 Å². The molecule has 0 saturated carbocycles. The van der Waals surface area contributed by atoms with Crippen LogP contribution in [0.15, 0.2) is 34.1 Å². The first-order valence-electron chi connectivity index (χ1n) is 9.73. The Kier molecular flexibility index (Phi) is 5.38. The number of rotatable bonds is 6. The molecule has 1 aromatic carbocycles. The van der Waals surface area contributed by atoms with Gasteiger partial charge in [-0.1, -0.05) is 0 Å². The van der Waals surface area contributed by atoms with Gasteiger partial charge in [-0.05, 0) is 42.0 Å². The zero-order valence-corrected chi connectivity index (χ0v) is 17.6. The number of anilines is 1. The van der Waals surface area contributed by atoms with Crippen LogP contribution in [0.25, 0.3) is 16.9 Å². The Morgan fingerprint density at radius 1 is 1.19 bits per heavy atom. The fraction of sp³-hybridized carbons (Fsp3) is 0.316. The Morgan fingerprint density at radius 3 is 2.69 bits per heavy atom. The second-order valence-electron chi connectivity index (χ2n) is 7.27. The van der Waals surface area contributed by atoms with Crippen molar-refractivity contribution in [2.75, 3.05) is 5.32 Å². The molecule has 0 saturated heterocycles. The van der Waals surface area contributed by atoms with Crippen molar-refractivity contribution in [3.05, 3.63) is 57.0 Å². The van der Waals surface area contributed by atoms with Gasteiger partial charge in [-0.2, -0.15) is 4.68 Å². The first-order valence-corrected chi connectivity index (χ1v) is 9.73. The molecule has 1 amide bonds. The average molecular weight is 441 g/mol. The summed E-state index contributed by atoms with van der Waals surface area (Å²) in [4.78, 5) is 41.0. The standard InChI is InChI=1S/C19H20FN9O3/c1-11-23-24-25-29(11)12-6-7-13(20)14(9-12)22-15(30)5-4-8-28-10-21-17-16(28)18(31)27(3)19(32)26(17)2/h6-7,9-10H,4-5,8H2,1-3H3,(H,22,30). The highest BCUT2D eigenvalue weighted by molar-refractivity contribution is 5.91. The van der Waals surface area contributed by atoms with Crippen LogP contribution in [0, 0.1) is 12.7 Å². The summed E-state index contributed by atoms with van der Waals surface area (Å²) < 4.78 is 19.5. The third-order valence-electron chi connectivity index (χ3n) is 5.11. The summed E-state index contributed by atoms with van der Waals surface area (Å²) in [5.41, 5.74) is 0.162. The highest BCUT2D eigenvalue weighted by Crippen LogP contribution is 2.19. The molecule has 0 aliphatic carbocycles. The smallest absolute Gasteiger partial charge is 0.325 e. The number of nitrogens with one attached hydrogen (secondary N) is 1. The minimum atomic E-state index is -0.585. The first kappa shape index (κ1) is 21.1. The van der Waals surface area contributed by atoms with Crippen molar-refractivity contribution in [2.24, 2.45) is 14.1 Å². The molecule has 4 aromatic rings. The molecule has 1 N–H and O–H groups in total. The summed E-state index contributed by atoms with van der Waals surface area (Å²) in [5, 5.41) is 13.7. The number of benzene rings is 1. The van der Waals surface area contributed by atoms with E-state index >= 15 is 0 Å². The lowest BCUT2D eigenvalue weighted by molar-refractivity contribution is -0.116. The Morgan fingerprint density at radius 2 is 1.97 bits per heavy atom. The van der Waals surface area contributed by atoms with Crippen LogP contribution in [0.4, 0.5) is 10.1 Å². The zero-order valence-electron chi connectivity index (χ0n) is 17.6. The molecule has 4 rings (SSSR count). The molecule has 0 atom stereocenters. The van der Waals surface area contributed by atoms with Gasteiger partial charge >= 0.3 is 5.69 Å². The Labute approximate surface area is 179 Å². The molecule has 0 aliphatic heterocycles. The summed E-state index contributed by atoms with van der Waals surface area (Å²) in [6.07, 6.45) is 1.91. The van der Waals surface area contributed by atoms with E-state index in [-0.39, 0.29) is 29.2 Å². The number of carbonyl (C=O) groups is 1. The Balaban J connectivity index is 1.45. The molecule has 32 heavy (non-hydrogen) atoms. The molecule has 0 bridgehead atoms. The van der Waals surface area contributed by atoms with Gasteiger partial charge in [-0.25, -0.2) is 14.2 Å². The lowest BCUT2D eigenvalue weighted by atomic mass is 10.2. The van der Waals surface area contributed by atoms with Gasteiger partial charge in [0.2, 0.25) is 5.91 Å². The quantitative estimate of drug-likeness (QED) is 0.454. The molecule has 166 valence electrons. The van der Waals surface area contributed by atoms with E-state index in [0.29, 0.717) is 24.5 Å². The van der Waals surface area contributed by atoms with Crippen LogP contribution < -0.4 is 16.6 Å². The number of imidazole rings is 1. The van der Waals surface area contributed by atoms with Crippen LogP contribution in [0.2, 0.25) is 0 Å². The molecule has 12 nitrogen and oxygen atoms in total. The monoisotopic (exact) mass is 441 g/mol. The number of hydrogen-bond donors (Lipinski definition) is 1. The topological polar surface area (TPSA) is 135 Å². The van der Waals surface area contributed by atoms with Crippen molar-refractivity contribution in [3.63, 3.8) is 0 Å². The maximum absolute atomic E-state index is 14.2. The number of aryl methyl sites for hydroxylation is 3. The predicted molar refractivity (Wildman–Crippen MR) is 112 cm³/mol. The van der Waals surface area contributed by atoms with E-state index in [2.05, 4.69) is 25.8 Å². The van der Waals surface area contributed by atoms with E-state index in [4.69, 9.17) is 0 Å². The lowest BCUT2D eigenvalue weighted by Crippen LogP contribution is -2.37. The fourth-order valence-electron chi connectivity index (χ4n) is 3.40. The number of amides is 1. The molecule has 0 spiro atoms. The average Bonchev–Trinajstić information content (AvgIpc) is 3.39. The lowest BCUT2D eigenvalue weighted by Gasteiger charge is -2.10. The predicted octanol–water partition coefficient (Wildman–Crippen LogP) is 0.276. The van der Waals surface area contributed by atoms with Gasteiger partial charge in [0, 0.05) is 27.1 Å². The summed E-state index contributed by atoms with van der Waals surface area (Å²) >= 11 is 0. The normalized spacial score (nSPS) is 11.2. The van der Waals surface area contributed by atoms with E-state index < -0.39 is 17.1 Å². The van der Waals surface area contributed by atoms with Crippen molar-refractivity contribution >= 4 is 22.8 Å². The number of nitrogens with zero attached hydrogens (tertiary/aromatic N) is 8. The maximum atomic E-state index is 14.2. The van der Waals surface area contributed by atoms with Crippen LogP contribution >= 0.6 is 0 Å². The van der Waals surface area contributed by atoms with Crippen molar-refractivity contribution < 1.29 is 9.18 Å². The van der Waals surface area contributed by atoms with E-state index in [9.17, 15) is 18.8 Å². The Bertz CT molecular complexity index is 1450. The summed E-state index contributed by atoms with van der Waals surface area (Å²) in [7, 11) is 2.93. The highest BCUT2D eigenvalue weighted by atomic mass is 19.1. The number of carbonyl (C=O) groups excluding carboxylic acids is 1. The zero-order chi connectivity index (χ0) is 23.0. The fourth-order valence-corrected chi connectivity index (χ4v) is 3.40. The molecular weight excluding hydrogens is 421 g/mol. The highest BCUT2D eigenvalue weighted by Gasteiger charge is 2.15. The molecular formula is C19H20FN9O3. The van der Waals surface area contributed by atoms with Crippen LogP contribution in [0.5, 0.6) is 0 Å². The molecule has 13 heteroatoms. The third-order valence-corrected chi connectivity index (χ3v) is 5.11. The van der Waals surface area contributed by atoms with Crippen LogP contribution in [0.1, 0.15) is 18.7 Å². The summed E-state index contributed by atoms with van der Waals surface area (Å²) in [6, 6.07) is 4.18. The number of hydrogen-bond acceptors (Lipinski definition) is 7. The van der Waals surface area contributed by atoms with Gasteiger partial charge in [0.1, 0.15) is 5.82 Å². The minimum Gasteiger partial charge on any atom is -0.325 e. The van der Waals surface area contributed by atoms with E-state index in [1.165, 1.54) is 47.9 Å². The van der Waals surface area contributed by atoms with Crippen molar-refractivity contribution in [2.45, 2.75) is 26.3 Å². The van der Waals surface area contributed by atoms with E-state index in [1.807, 2.05) is 0 Å². The Hall–Kier alpha value is -4.16. The second-order valence-corrected chi connectivity index (χ2v) is 7.27. The van der Waals surface area contributed by atoms with Crippen molar-refractivity contribution in [1.82, 2.24) is 38.9 Å². The minimum absolute atomic E-state index is 0.0133. The number of aromatic nitrogens is 8. The van der Waals surface area contributed by atoms with Gasteiger partial charge in [0.05, 0.1) is 17.7 Å². The van der Waals surface area contributed by atoms with Gasteiger partial charge in [0.25, 0.3) is 5.56 Å². The van der Waals surface area contributed by atoms with Crippen LogP contribution in [-0.2, 0) is 25.4 Å². The van der Waals surface area contributed by atoms with Crippen LogP contribution in [-0.4, -0.2) is 44.8 Å². The summed E-state index contributed by atoms with van der Waals surface area (Å²) in [5.74, 6) is -0.456. The largest absolute Gasteiger partial charge is 0.332 e. The number of halogens is 1. The molecule has 0 unspecified atom stereocenters. The third kappa shape index (κ3) is 3.68. The SMILES string of the molecule is Cc1nnnn1-c1ccc(F)c(NC(=O)CCCn2cnc3c2c(=O)n(C)c(=O)n3C)c1. The van der Waals surface area contributed by atoms with Gasteiger partial charge in [-0.3, -0.25) is 18.7 Å². The molecule has 3 aromatic heterocycles. The number of fused-ring (bicyclic) bond motifs is 1. The van der Waals surface area contributed by atoms with Gasteiger partial charge < -0.3 is 9.88 Å². The number of tetrazole rings is 1. The van der Waals surface area contributed by atoms with Crippen LogP contribution in [0.3, 0.4) is 0 Å². The summed E-state index contributed by atoms with van der Waals surface area (Å²) in [6.45, 7) is 2.02. The molecule has 3 heterocycles. The maximum Gasteiger partial charge on any atom is 0.332 e. The van der Waals surface area contributed by atoms with Gasteiger partial charge in [0.15, 0.2) is 17.0 Å². The van der Waals surface area contributed by atoms with Gasteiger partial charge in [-0.15, -0.1) is 5.10 Å². The molecule has 0 fully saturated rings. The van der Waals surface area contributed by atoms with E-state index in [1.54, 1.807) is 11.5 Å². The molecule has 0 radical (unpaired) electrons. The first-order chi connectivity index (χ1) is 15.3. The van der Waals surface area contributed by atoms with Crippen molar-refractivity contribution in [1.29, 1.82) is 0 Å². The molecule has 0 aliphatic rings. The van der Waals surface area contributed by atoms with Crippen molar-refractivity contribution in [3.8, 4) is 5.69 Å².